The van der Waals surface area contributed by atoms with E-state index in [4.69, 9.17) is 4.74 Å². The number of carbonyl (C=O) groups is 1. The second kappa shape index (κ2) is 8.22. The highest BCUT2D eigenvalue weighted by Crippen LogP contribution is 2.28. The van der Waals surface area contributed by atoms with Crippen molar-refractivity contribution < 1.29 is 18.3 Å². The molecule has 2 aromatic carbocycles. The van der Waals surface area contributed by atoms with Gasteiger partial charge >= 0.3 is 12.5 Å². The average Bonchev–Trinajstić information content (AvgIpc) is 3.12. The summed E-state index contributed by atoms with van der Waals surface area (Å²) in [6, 6.07) is 15.2. The number of para-hydroxylation sites is 2. The Bertz CT molecular complexity index is 1130. The number of esters is 1. The number of benzene rings is 2. The Morgan fingerprint density at radius 3 is 2.59 bits per heavy atom. The normalized spacial score (nSPS) is 14.3. The standard InChI is InChI=1S/C23H18F2N2O2/c24-23(25)27-19-14-8-7-13-18(19)26-21(27)15-20(16-9-3-1-4-10-16)29-22(28)17-11-5-2-6-12-17/h1-3,5-9,11-15,23H,4,10H2/b20-15+. The molecular formula is C23H18F2N2O2. The zero-order valence-corrected chi connectivity index (χ0v) is 15.5. The van der Waals surface area contributed by atoms with Crippen LogP contribution in [0.15, 0.2) is 84.2 Å². The average molecular weight is 392 g/mol. The number of rotatable bonds is 5. The van der Waals surface area contributed by atoms with Gasteiger partial charge in [-0.2, -0.15) is 8.78 Å². The van der Waals surface area contributed by atoms with E-state index < -0.39 is 12.5 Å². The maximum absolute atomic E-state index is 13.8. The zero-order valence-electron chi connectivity index (χ0n) is 15.5. The number of hydrogen-bond acceptors (Lipinski definition) is 3. The summed E-state index contributed by atoms with van der Waals surface area (Å²) in [7, 11) is 0. The molecule has 29 heavy (non-hydrogen) atoms. The lowest BCUT2D eigenvalue weighted by atomic mass is 10.0. The minimum Gasteiger partial charge on any atom is -0.422 e. The maximum atomic E-state index is 13.8. The third-order valence-electron chi connectivity index (χ3n) is 4.62. The molecule has 0 N–H and O–H groups in total. The van der Waals surface area contributed by atoms with E-state index >= 15 is 0 Å². The molecule has 146 valence electrons. The van der Waals surface area contributed by atoms with Gasteiger partial charge in [-0.15, -0.1) is 0 Å². The molecule has 4 nitrogen and oxygen atoms in total. The van der Waals surface area contributed by atoms with Gasteiger partial charge in [0, 0.05) is 6.08 Å². The summed E-state index contributed by atoms with van der Waals surface area (Å²) < 4.78 is 34.0. The van der Waals surface area contributed by atoms with Crippen molar-refractivity contribution in [3.63, 3.8) is 0 Å². The largest absolute Gasteiger partial charge is 0.422 e. The molecule has 1 aliphatic carbocycles. The number of ether oxygens (including phenoxy) is 1. The summed E-state index contributed by atoms with van der Waals surface area (Å²) in [6.07, 6.45) is 8.51. The number of aromatic nitrogens is 2. The van der Waals surface area contributed by atoms with E-state index in [1.54, 1.807) is 54.6 Å². The fourth-order valence-corrected chi connectivity index (χ4v) is 3.22. The molecule has 0 aliphatic heterocycles. The van der Waals surface area contributed by atoms with E-state index in [1.165, 1.54) is 6.08 Å². The van der Waals surface area contributed by atoms with E-state index in [2.05, 4.69) is 4.98 Å². The van der Waals surface area contributed by atoms with Crippen LogP contribution >= 0.6 is 0 Å². The topological polar surface area (TPSA) is 44.1 Å². The van der Waals surface area contributed by atoms with Crippen molar-refractivity contribution >= 4 is 23.1 Å². The Labute approximate surface area is 166 Å². The summed E-state index contributed by atoms with van der Waals surface area (Å²) in [5.41, 5.74) is 1.91. The zero-order chi connectivity index (χ0) is 20.2. The molecule has 1 heterocycles. The first-order chi connectivity index (χ1) is 14.1. The number of hydrogen-bond donors (Lipinski definition) is 0. The molecule has 0 fully saturated rings. The number of allylic oxidation sites excluding steroid dienone is 4. The number of nitrogens with zero attached hydrogens (tertiary/aromatic N) is 2. The van der Waals surface area contributed by atoms with Crippen LogP contribution in [0.25, 0.3) is 17.1 Å². The summed E-state index contributed by atoms with van der Waals surface area (Å²) in [4.78, 5) is 16.9. The van der Waals surface area contributed by atoms with Gasteiger partial charge in [0.05, 0.1) is 16.6 Å². The molecule has 0 atom stereocenters. The minimum atomic E-state index is -2.78. The van der Waals surface area contributed by atoms with E-state index in [0.717, 1.165) is 16.6 Å². The van der Waals surface area contributed by atoms with Crippen LogP contribution in [0.4, 0.5) is 8.78 Å². The molecular weight excluding hydrogens is 374 g/mol. The van der Waals surface area contributed by atoms with Crippen molar-refractivity contribution in [1.82, 2.24) is 9.55 Å². The minimum absolute atomic E-state index is 0.0347. The van der Waals surface area contributed by atoms with Crippen LogP contribution < -0.4 is 0 Å². The van der Waals surface area contributed by atoms with Crippen molar-refractivity contribution in [3.05, 3.63) is 95.5 Å². The van der Waals surface area contributed by atoms with Gasteiger partial charge in [0.15, 0.2) is 0 Å². The van der Waals surface area contributed by atoms with Crippen molar-refractivity contribution in [3.8, 4) is 0 Å². The lowest BCUT2D eigenvalue weighted by molar-refractivity contribution is 0.0633. The number of halogens is 2. The molecule has 0 radical (unpaired) electrons. The van der Waals surface area contributed by atoms with Crippen LogP contribution in [0.3, 0.4) is 0 Å². The van der Waals surface area contributed by atoms with Gasteiger partial charge < -0.3 is 4.74 Å². The van der Waals surface area contributed by atoms with Gasteiger partial charge in [-0.3, -0.25) is 4.57 Å². The van der Waals surface area contributed by atoms with E-state index in [9.17, 15) is 13.6 Å². The first kappa shape index (κ1) is 18.8. The van der Waals surface area contributed by atoms with E-state index in [-0.39, 0.29) is 11.6 Å². The van der Waals surface area contributed by atoms with Gasteiger partial charge in [-0.25, -0.2) is 9.78 Å². The van der Waals surface area contributed by atoms with Crippen LogP contribution in [-0.4, -0.2) is 15.5 Å². The smallest absolute Gasteiger partial charge is 0.343 e. The number of alkyl halides is 2. The Hall–Kier alpha value is -3.54. The Kier molecular flexibility index (Phi) is 5.33. The maximum Gasteiger partial charge on any atom is 0.343 e. The fraction of sp³-hybridized carbons (Fsp3) is 0.130. The number of carbonyl (C=O) groups excluding carboxylic acids is 1. The molecule has 1 aromatic heterocycles. The molecule has 3 aromatic rings. The third-order valence-corrected chi connectivity index (χ3v) is 4.62. The Morgan fingerprint density at radius 2 is 1.86 bits per heavy atom. The summed E-state index contributed by atoms with van der Waals surface area (Å²) in [6.45, 7) is -2.78. The molecule has 4 rings (SSSR count). The molecule has 1 aliphatic rings. The summed E-state index contributed by atoms with van der Waals surface area (Å²) >= 11 is 0. The quantitative estimate of drug-likeness (QED) is 0.401. The molecule has 0 saturated carbocycles. The SMILES string of the molecule is O=C(O/C(=C/c1nc2ccccc2n1C(F)F)C1=CC=CCC1)c1ccccc1. The molecule has 0 unspecified atom stereocenters. The monoisotopic (exact) mass is 392 g/mol. The fourth-order valence-electron chi connectivity index (χ4n) is 3.22. The van der Waals surface area contributed by atoms with Crippen molar-refractivity contribution in [2.45, 2.75) is 19.4 Å². The van der Waals surface area contributed by atoms with Crippen molar-refractivity contribution in [2.75, 3.05) is 0 Å². The summed E-state index contributed by atoms with van der Waals surface area (Å²) in [5, 5.41) is 0. The van der Waals surface area contributed by atoms with E-state index in [1.807, 2.05) is 18.2 Å². The van der Waals surface area contributed by atoms with Gasteiger partial charge in [-0.1, -0.05) is 48.6 Å². The molecule has 6 heteroatoms. The lowest BCUT2D eigenvalue weighted by Gasteiger charge is -2.14. The third kappa shape index (κ3) is 4.01. The van der Waals surface area contributed by atoms with E-state index in [0.29, 0.717) is 23.0 Å². The Morgan fingerprint density at radius 1 is 1.10 bits per heavy atom. The second-order valence-corrected chi connectivity index (χ2v) is 6.53. The highest BCUT2D eigenvalue weighted by Gasteiger charge is 2.20. The van der Waals surface area contributed by atoms with Gasteiger partial charge in [-0.05, 0) is 42.7 Å². The molecule has 0 saturated heterocycles. The van der Waals surface area contributed by atoms with Crippen LogP contribution in [0.5, 0.6) is 0 Å². The van der Waals surface area contributed by atoms with Gasteiger partial charge in [0.2, 0.25) is 0 Å². The van der Waals surface area contributed by atoms with Crippen LogP contribution in [-0.2, 0) is 4.74 Å². The van der Waals surface area contributed by atoms with Gasteiger partial charge in [0.1, 0.15) is 11.6 Å². The highest BCUT2D eigenvalue weighted by molar-refractivity contribution is 5.91. The molecule has 0 bridgehead atoms. The first-order valence-corrected chi connectivity index (χ1v) is 9.23. The van der Waals surface area contributed by atoms with Crippen LogP contribution in [0.1, 0.15) is 35.6 Å². The predicted octanol–water partition coefficient (Wildman–Crippen LogP) is 5.91. The van der Waals surface area contributed by atoms with Crippen LogP contribution in [0.2, 0.25) is 0 Å². The highest BCUT2D eigenvalue weighted by atomic mass is 19.3. The van der Waals surface area contributed by atoms with Gasteiger partial charge in [0.25, 0.3) is 0 Å². The number of fused-ring (bicyclic) bond motifs is 1. The number of imidazole rings is 1. The predicted molar refractivity (Wildman–Crippen MR) is 107 cm³/mol. The first-order valence-electron chi connectivity index (χ1n) is 9.23. The van der Waals surface area contributed by atoms with Crippen molar-refractivity contribution in [2.24, 2.45) is 0 Å². The summed E-state index contributed by atoms with van der Waals surface area (Å²) in [5.74, 6) is -0.292. The second-order valence-electron chi connectivity index (χ2n) is 6.53. The Balaban J connectivity index is 1.79. The lowest BCUT2D eigenvalue weighted by Crippen LogP contribution is -2.09. The van der Waals surface area contributed by atoms with Crippen molar-refractivity contribution in [1.29, 1.82) is 0 Å². The molecule has 0 spiro atoms. The van der Waals surface area contributed by atoms with Crippen LogP contribution in [0, 0.1) is 0 Å². The molecule has 0 amide bonds.